The fraction of sp³-hybridized carbons (Fsp3) is 0.318. The molecule has 148 valence electrons. The van der Waals surface area contributed by atoms with Gasteiger partial charge in [0.15, 0.2) is 5.65 Å². The zero-order chi connectivity index (χ0) is 20.9. The Morgan fingerprint density at radius 2 is 1.90 bits per heavy atom. The highest BCUT2D eigenvalue weighted by molar-refractivity contribution is 5.77. The summed E-state index contributed by atoms with van der Waals surface area (Å²) in [6.07, 6.45) is 7.25. The number of nitrogens with zero attached hydrogens (tertiary/aromatic N) is 5. The maximum atomic E-state index is 9.24. The molecule has 6 rings (SSSR count). The molecule has 8 heteroatoms. The molecule has 2 heterocycles. The van der Waals surface area contributed by atoms with Crippen molar-refractivity contribution in [2.75, 3.05) is 5.32 Å². The van der Waals surface area contributed by atoms with E-state index in [9.17, 15) is 5.26 Å². The molecule has 0 radical (unpaired) electrons. The summed E-state index contributed by atoms with van der Waals surface area (Å²) < 4.78 is 6.23. The van der Waals surface area contributed by atoms with Crippen LogP contribution in [0.2, 0.25) is 0 Å². The molecule has 0 saturated heterocycles. The molecule has 3 aliphatic rings. The maximum absolute atomic E-state index is 9.24. The van der Waals surface area contributed by atoms with Crippen molar-refractivity contribution >= 4 is 23.2 Å². The first-order valence-electron chi connectivity index (χ1n) is 9.71. The summed E-state index contributed by atoms with van der Waals surface area (Å²) in [4.78, 5) is 16.4. The molecule has 3 fully saturated rings. The van der Waals surface area contributed by atoms with Gasteiger partial charge in [-0.25, -0.2) is 4.98 Å². The van der Waals surface area contributed by atoms with Gasteiger partial charge in [-0.3, -0.25) is 0 Å². The molecular weight excluding hydrogens is 378 g/mol. The summed E-state index contributed by atoms with van der Waals surface area (Å²) in [5.74, 6) is 1.56. The van der Waals surface area contributed by atoms with E-state index in [-0.39, 0.29) is 11.0 Å². The molecule has 1 aromatic carbocycles. The lowest BCUT2D eigenvalue weighted by Crippen LogP contribution is -2.70. The molecule has 0 unspecified atom stereocenters. The lowest BCUT2D eigenvalue weighted by molar-refractivity contribution is -0.0665. The van der Waals surface area contributed by atoms with Crippen LogP contribution < -0.4 is 10.1 Å². The van der Waals surface area contributed by atoms with Gasteiger partial charge >= 0.3 is 0 Å². The molecule has 2 N–H and O–H groups in total. The first-order valence-corrected chi connectivity index (χ1v) is 9.71. The predicted molar refractivity (Wildman–Crippen MR) is 111 cm³/mol. The molecule has 3 aliphatic carbocycles. The Balaban J connectivity index is 1.46. The topological polar surface area (TPSA) is 123 Å². The molecule has 2 bridgehead atoms. The third-order valence-corrected chi connectivity index (χ3v) is 5.93. The van der Waals surface area contributed by atoms with Gasteiger partial charge in [0.1, 0.15) is 11.3 Å². The Bertz CT molecular complexity index is 1250. The Morgan fingerprint density at radius 3 is 2.57 bits per heavy atom. The van der Waals surface area contributed by atoms with E-state index >= 15 is 0 Å². The van der Waals surface area contributed by atoms with Crippen molar-refractivity contribution in [1.82, 2.24) is 19.9 Å². The number of hydrogen-bond donors (Lipinski definition) is 2. The summed E-state index contributed by atoms with van der Waals surface area (Å²) >= 11 is 0. The van der Waals surface area contributed by atoms with Crippen molar-refractivity contribution in [3.05, 3.63) is 41.2 Å². The molecule has 2 aromatic heterocycles. The van der Waals surface area contributed by atoms with Crippen LogP contribution in [0.15, 0.2) is 24.5 Å². The zero-order valence-corrected chi connectivity index (χ0v) is 16.7. The maximum Gasteiger partial charge on any atom is 0.250 e. The van der Waals surface area contributed by atoms with Gasteiger partial charge < -0.3 is 15.0 Å². The van der Waals surface area contributed by atoms with Gasteiger partial charge in [0.2, 0.25) is 5.95 Å². The standard InChI is InChI=1S/C22H19N7O/c1-13-6-15(4-3-5-23)7-14(2)17(13)30-19-16-18(26-12-25-16)27-20(28-19)29-22-8-21(9-22,10-22)11-24/h3-4,6-7,12H,8-10H2,1-2H3,(H2,25,26,27,28,29)/b4-3+. The number of ether oxygens (including phenoxy) is 1. The first kappa shape index (κ1) is 18.1. The fourth-order valence-corrected chi connectivity index (χ4v) is 4.68. The van der Waals surface area contributed by atoms with Crippen molar-refractivity contribution < 1.29 is 4.74 Å². The number of aromatic nitrogens is 4. The SMILES string of the molecule is Cc1cc(/C=C/C#N)cc(C)c1Oc1nc(NC23CC(C#N)(C2)C3)nc2nc[nH]c12. The number of H-pyrrole nitrogens is 1. The van der Waals surface area contributed by atoms with Gasteiger partial charge in [0.25, 0.3) is 5.88 Å². The Labute approximate surface area is 173 Å². The molecule has 8 nitrogen and oxygen atoms in total. The van der Waals surface area contributed by atoms with Crippen LogP contribution in [-0.2, 0) is 0 Å². The largest absolute Gasteiger partial charge is 0.436 e. The number of imidazole rings is 1. The lowest BCUT2D eigenvalue weighted by Gasteiger charge is -2.66. The van der Waals surface area contributed by atoms with Gasteiger partial charge in [-0.1, -0.05) is 0 Å². The smallest absolute Gasteiger partial charge is 0.250 e. The summed E-state index contributed by atoms with van der Waals surface area (Å²) in [7, 11) is 0. The Hall–Kier alpha value is -3.91. The second kappa shape index (κ2) is 6.30. The van der Waals surface area contributed by atoms with Crippen LogP contribution in [0.3, 0.4) is 0 Å². The second-order valence-corrected chi connectivity index (χ2v) is 8.33. The fourth-order valence-electron chi connectivity index (χ4n) is 4.68. The average Bonchev–Trinajstić information content (AvgIpc) is 3.13. The normalized spacial score (nSPS) is 24.0. The molecule has 0 aliphatic heterocycles. The van der Waals surface area contributed by atoms with Gasteiger partial charge in [-0.15, -0.1) is 0 Å². The van der Waals surface area contributed by atoms with E-state index in [4.69, 9.17) is 10.00 Å². The van der Waals surface area contributed by atoms with Gasteiger partial charge in [-0.2, -0.15) is 20.5 Å². The van der Waals surface area contributed by atoms with Crippen LogP contribution in [0.25, 0.3) is 17.2 Å². The molecular formula is C22H19N7O. The molecule has 0 spiro atoms. The van der Waals surface area contributed by atoms with Gasteiger partial charge in [-0.05, 0) is 68.0 Å². The van der Waals surface area contributed by atoms with Gasteiger partial charge in [0.05, 0.1) is 23.9 Å². The molecule has 3 saturated carbocycles. The van der Waals surface area contributed by atoms with Crippen LogP contribution in [0.4, 0.5) is 5.95 Å². The third kappa shape index (κ3) is 2.77. The quantitative estimate of drug-likeness (QED) is 0.620. The van der Waals surface area contributed by atoms with Crippen LogP contribution >= 0.6 is 0 Å². The number of benzene rings is 1. The number of nitriles is 2. The summed E-state index contributed by atoms with van der Waals surface area (Å²) in [6, 6.07) is 8.34. The summed E-state index contributed by atoms with van der Waals surface area (Å²) in [5, 5.41) is 21.4. The molecule has 3 aromatic rings. The number of allylic oxidation sites excluding steroid dienone is 1. The van der Waals surface area contributed by atoms with E-state index in [2.05, 4.69) is 31.3 Å². The number of fused-ring (bicyclic) bond motifs is 1. The highest BCUT2D eigenvalue weighted by atomic mass is 16.5. The zero-order valence-electron chi connectivity index (χ0n) is 16.7. The highest BCUT2D eigenvalue weighted by Crippen LogP contribution is 2.67. The third-order valence-electron chi connectivity index (χ3n) is 5.93. The van der Waals surface area contributed by atoms with E-state index in [1.54, 1.807) is 12.4 Å². The van der Waals surface area contributed by atoms with Crippen molar-refractivity contribution in [3.8, 4) is 23.8 Å². The molecule has 30 heavy (non-hydrogen) atoms. The minimum absolute atomic E-state index is 0.0858. The van der Waals surface area contributed by atoms with E-state index in [1.807, 2.05) is 32.0 Å². The monoisotopic (exact) mass is 397 g/mol. The number of aromatic amines is 1. The molecule has 0 atom stereocenters. The van der Waals surface area contributed by atoms with E-state index in [1.165, 1.54) is 6.08 Å². The summed E-state index contributed by atoms with van der Waals surface area (Å²) in [6.45, 7) is 3.92. The Morgan fingerprint density at radius 1 is 1.17 bits per heavy atom. The Kier molecular flexibility index (Phi) is 3.81. The van der Waals surface area contributed by atoms with E-state index in [0.29, 0.717) is 28.7 Å². The van der Waals surface area contributed by atoms with E-state index in [0.717, 1.165) is 36.0 Å². The van der Waals surface area contributed by atoms with Crippen molar-refractivity contribution in [3.63, 3.8) is 0 Å². The van der Waals surface area contributed by atoms with Crippen molar-refractivity contribution in [2.24, 2.45) is 5.41 Å². The summed E-state index contributed by atoms with van der Waals surface area (Å²) in [5.41, 5.74) is 3.71. The number of rotatable bonds is 5. The van der Waals surface area contributed by atoms with Crippen molar-refractivity contribution in [1.29, 1.82) is 10.5 Å². The van der Waals surface area contributed by atoms with E-state index < -0.39 is 0 Å². The minimum Gasteiger partial charge on any atom is -0.436 e. The van der Waals surface area contributed by atoms with Crippen LogP contribution in [-0.4, -0.2) is 25.5 Å². The minimum atomic E-state index is -0.154. The van der Waals surface area contributed by atoms with Crippen LogP contribution in [0.5, 0.6) is 11.6 Å². The highest BCUT2D eigenvalue weighted by Gasteiger charge is 2.69. The number of aryl methyl sites for hydroxylation is 2. The first-order chi connectivity index (χ1) is 14.4. The number of anilines is 1. The average molecular weight is 397 g/mol. The van der Waals surface area contributed by atoms with Crippen LogP contribution in [0, 0.1) is 41.9 Å². The predicted octanol–water partition coefficient (Wildman–Crippen LogP) is 4.16. The second-order valence-electron chi connectivity index (χ2n) is 8.33. The molecule has 0 amide bonds. The number of hydrogen-bond acceptors (Lipinski definition) is 7. The van der Waals surface area contributed by atoms with Crippen LogP contribution in [0.1, 0.15) is 36.0 Å². The lowest BCUT2D eigenvalue weighted by atomic mass is 9.40. The number of nitrogens with one attached hydrogen (secondary N) is 2. The van der Waals surface area contributed by atoms with Crippen molar-refractivity contribution in [2.45, 2.75) is 38.6 Å². The van der Waals surface area contributed by atoms with Gasteiger partial charge in [0, 0.05) is 11.6 Å².